The largest absolute Gasteiger partial charge is 0.494 e. The van der Waals surface area contributed by atoms with E-state index in [9.17, 15) is 9.90 Å². The molecule has 2 N–H and O–H groups in total. The minimum Gasteiger partial charge on any atom is -0.494 e. The number of aromatic carboxylic acids is 1. The summed E-state index contributed by atoms with van der Waals surface area (Å²) in [6.45, 7) is 12.9. The number of carboxylic acid groups (broad SMARTS) is 1. The van der Waals surface area contributed by atoms with Crippen LogP contribution < -0.4 is 9.64 Å². The summed E-state index contributed by atoms with van der Waals surface area (Å²) in [5, 5.41) is 21.0. The normalized spacial score (nSPS) is 14.2. The van der Waals surface area contributed by atoms with Gasteiger partial charge >= 0.3 is 5.97 Å². The molecular weight excluding hydrogens is 747 g/mol. The van der Waals surface area contributed by atoms with Gasteiger partial charge in [-0.15, -0.1) is 0 Å². The van der Waals surface area contributed by atoms with Gasteiger partial charge in [0.15, 0.2) is 0 Å². The standard InChI is InChI=1S/C44H42Cl2N6O4/c1-23-16-29-20-36(44(54)55)50(22-30-10-7-8-14-47-30)40(29)35(17-23)51-21-26(4)52-41-33(12-13-34(45)38(41)37-27(5)48-49-28(37)6)32(42(52)43(51)53)11-9-15-56-31-18-24(2)39(46)25(3)19-31/h7-8,10,12-14,16-20,26H,9,11,15,21-22H2,1-6H3,(H,48,49)(H,54,55)/t26-/m1/s1. The topological polar surface area (TPSA) is 118 Å². The van der Waals surface area contributed by atoms with Crippen LogP contribution in [-0.2, 0) is 13.0 Å². The molecule has 1 atom stereocenters. The van der Waals surface area contributed by atoms with Crippen LogP contribution in [0.3, 0.4) is 0 Å². The Bertz CT molecular complexity index is 2670. The molecule has 0 saturated carbocycles. The first kappa shape index (κ1) is 37.3. The summed E-state index contributed by atoms with van der Waals surface area (Å²) >= 11 is 13.5. The highest BCUT2D eigenvalue weighted by Crippen LogP contribution is 2.46. The fourth-order valence-electron chi connectivity index (χ4n) is 8.46. The van der Waals surface area contributed by atoms with Gasteiger partial charge in [0.2, 0.25) is 0 Å². The predicted molar refractivity (Wildman–Crippen MR) is 222 cm³/mol. The number of ether oxygens (including phenoxy) is 1. The molecule has 4 aromatic heterocycles. The van der Waals surface area contributed by atoms with Crippen LogP contribution in [0.1, 0.15) is 79.7 Å². The maximum absolute atomic E-state index is 15.4. The van der Waals surface area contributed by atoms with Crippen LogP contribution >= 0.6 is 23.2 Å². The lowest BCUT2D eigenvalue weighted by Crippen LogP contribution is -2.43. The molecule has 0 unspecified atom stereocenters. The van der Waals surface area contributed by atoms with Crippen molar-refractivity contribution in [2.45, 2.75) is 67.0 Å². The number of aromatic amines is 1. The van der Waals surface area contributed by atoms with Crippen LogP contribution in [0.15, 0.2) is 66.9 Å². The molecule has 0 bridgehead atoms. The molecule has 1 aliphatic rings. The van der Waals surface area contributed by atoms with Gasteiger partial charge in [0.05, 0.1) is 46.3 Å². The van der Waals surface area contributed by atoms with Crippen LogP contribution in [0.2, 0.25) is 10.0 Å². The van der Waals surface area contributed by atoms with Gasteiger partial charge in [-0.3, -0.25) is 14.9 Å². The maximum atomic E-state index is 15.4. The number of carbonyl (C=O) groups excluding carboxylic acids is 1. The molecule has 0 radical (unpaired) electrons. The molecule has 7 aromatic rings. The van der Waals surface area contributed by atoms with Crippen LogP contribution in [0.4, 0.5) is 5.69 Å². The molecule has 0 aliphatic carbocycles. The number of benzene rings is 3. The Labute approximate surface area is 334 Å². The summed E-state index contributed by atoms with van der Waals surface area (Å²) in [6, 6.07) is 18.8. The molecule has 0 saturated heterocycles. The van der Waals surface area contributed by atoms with Gasteiger partial charge < -0.3 is 23.9 Å². The number of carboxylic acids is 1. The van der Waals surface area contributed by atoms with E-state index in [4.69, 9.17) is 27.9 Å². The Kier molecular flexibility index (Phi) is 9.66. The van der Waals surface area contributed by atoms with Gasteiger partial charge in [-0.05, 0) is 125 Å². The summed E-state index contributed by atoms with van der Waals surface area (Å²) in [4.78, 5) is 34.4. The van der Waals surface area contributed by atoms with Crippen molar-refractivity contribution in [3.8, 4) is 16.9 Å². The molecule has 0 spiro atoms. The molecule has 12 heteroatoms. The molecule has 0 fully saturated rings. The number of hydrogen-bond acceptors (Lipinski definition) is 5. The molecule has 3 aromatic carbocycles. The van der Waals surface area contributed by atoms with Crippen molar-refractivity contribution < 1.29 is 19.4 Å². The number of rotatable bonds is 10. The molecule has 5 heterocycles. The third-order valence-electron chi connectivity index (χ3n) is 10.9. The van der Waals surface area contributed by atoms with Gasteiger partial charge in [-0.2, -0.15) is 5.10 Å². The second-order valence-electron chi connectivity index (χ2n) is 14.9. The third kappa shape index (κ3) is 6.30. The van der Waals surface area contributed by atoms with Crippen LogP contribution in [0, 0.1) is 34.6 Å². The van der Waals surface area contributed by atoms with Gasteiger partial charge in [-0.25, -0.2) is 4.79 Å². The molecule has 1 aliphatic heterocycles. The Morgan fingerprint density at radius 3 is 2.43 bits per heavy atom. The number of anilines is 1. The van der Waals surface area contributed by atoms with Crippen molar-refractivity contribution in [3.63, 3.8) is 0 Å². The summed E-state index contributed by atoms with van der Waals surface area (Å²) in [7, 11) is 0. The monoisotopic (exact) mass is 788 g/mol. The first-order valence-corrected chi connectivity index (χ1v) is 19.4. The molecule has 1 amide bonds. The Balaban J connectivity index is 1.29. The molecule has 10 nitrogen and oxygen atoms in total. The number of amides is 1. The zero-order valence-corrected chi connectivity index (χ0v) is 33.6. The number of nitrogens with one attached hydrogen (secondary N) is 1. The molecule has 56 heavy (non-hydrogen) atoms. The average Bonchev–Trinajstić information content (AvgIpc) is 3.81. The zero-order valence-electron chi connectivity index (χ0n) is 32.1. The van der Waals surface area contributed by atoms with Crippen molar-refractivity contribution >= 4 is 62.6 Å². The van der Waals surface area contributed by atoms with E-state index in [-0.39, 0.29) is 24.2 Å². The van der Waals surface area contributed by atoms with E-state index in [1.807, 2.05) is 94.1 Å². The predicted octanol–water partition coefficient (Wildman–Crippen LogP) is 10.2. The van der Waals surface area contributed by atoms with Gasteiger partial charge in [0.1, 0.15) is 17.1 Å². The summed E-state index contributed by atoms with van der Waals surface area (Å²) in [6.07, 6.45) is 2.89. The number of pyridine rings is 1. The lowest BCUT2D eigenvalue weighted by Gasteiger charge is -2.35. The number of nitrogens with zero attached hydrogens (tertiary/aromatic N) is 5. The van der Waals surface area contributed by atoms with Crippen LogP contribution in [0.25, 0.3) is 32.9 Å². The third-order valence-corrected chi connectivity index (χ3v) is 11.8. The quantitative estimate of drug-likeness (QED) is 0.133. The van der Waals surface area contributed by atoms with E-state index < -0.39 is 5.97 Å². The average molecular weight is 790 g/mol. The maximum Gasteiger partial charge on any atom is 0.352 e. The minimum atomic E-state index is -1.05. The van der Waals surface area contributed by atoms with Gasteiger partial charge in [-0.1, -0.05) is 35.3 Å². The second-order valence-corrected chi connectivity index (χ2v) is 15.7. The highest BCUT2D eigenvalue weighted by atomic mass is 35.5. The minimum absolute atomic E-state index is 0.126. The van der Waals surface area contributed by atoms with Crippen molar-refractivity contribution in [1.29, 1.82) is 0 Å². The smallest absolute Gasteiger partial charge is 0.352 e. The number of fused-ring (bicyclic) bond motifs is 4. The lowest BCUT2D eigenvalue weighted by atomic mass is 9.98. The first-order chi connectivity index (χ1) is 26.8. The number of aryl methyl sites for hydroxylation is 6. The van der Waals surface area contributed by atoms with E-state index in [0.717, 1.165) is 71.8 Å². The van der Waals surface area contributed by atoms with E-state index in [2.05, 4.69) is 26.7 Å². The lowest BCUT2D eigenvalue weighted by molar-refractivity contribution is 0.0686. The summed E-state index contributed by atoms with van der Waals surface area (Å²) in [5.74, 6) is -0.472. The number of H-pyrrole nitrogens is 1. The van der Waals surface area contributed by atoms with Crippen molar-refractivity contribution in [2.75, 3.05) is 18.1 Å². The summed E-state index contributed by atoms with van der Waals surface area (Å²) in [5.41, 5.74) is 10.8. The molecule has 8 rings (SSSR count). The van der Waals surface area contributed by atoms with E-state index in [1.165, 1.54) is 0 Å². The van der Waals surface area contributed by atoms with Crippen molar-refractivity contribution in [1.82, 2.24) is 24.3 Å². The number of aromatic nitrogens is 5. The van der Waals surface area contributed by atoms with Crippen molar-refractivity contribution in [3.05, 3.63) is 128 Å². The highest BCUT2D eigenvalue weighted by molar-refractivity contribution is 6.35. The first-order valence-electron chi connectivity index (χ1n) is 18.7. The number of carbonyl (C=O) groups is 2. The van der Waals surface area contributed by atoms with E-state index in [0.29, 0.717) is 53.6 Å². The van der Waals surface area contributed by atoms with Crippen LogP contribution in [-0.4, -0.2) is 54.5 Å². The summed E-state index contributed by atoms with van der Waals surface area (Å²) < 4.78 is 10.2. The molecular formula is C44H42Cl2N6O4. The van der Waals surface area contributed by atoms with E-state index in [1.54, 1.807) is 16.8 Å². The number of hydrogen-bond donors (Lipinski definition) is 2. The van der Waals surface area contributed by atoms with Crippen molar-refractivity contribution in [2.24, 2.45) is 0 Å². The zero-order chi connectivity index (χ0) is 39.6. The SMILES string of the molecule is Cc1cc(N2C[C@@H](C)n3c(c(CCCOc4cc(C)c(Cl)c(C)c4)c4ccc(Cl)c(-c5c(C)n[nH]c5C)c43)C2=O)c2c(c1)cc(C(=O)O)n2Cc1ccccn1. The fourth-order valence-corrected chi connectivity index (χ4v) is 8.81. The Morgan fingerprint density at radius 1 is 0.982 bits per heavy atom. The fraction of sp³-hybridized carbons (Fsp3) is 0.273. The van der Waals surface area contributed by atoms with E-state index >= 15 is 4.79 Å². The second kappa shape index (κ2) is 14.5. The number of halogens is 2. The Hall–Kier alpha value is -5.58. The van der Waals surface area contributed by atoms with Gasteiger partial charge in [0, 0.05) is 51.4 Å². The highest BCUT2D eigenvalue weighted by Gasteiger charge is 2.38. The molecule has 286 valence electrons. The van der Waals surface area contributed by atoms with Gasteiger partial charge in [0.25, 0.3) is 5.91 Å². The van der Waals surface area contributed by atoms with Crippen LogP contribution in [0.5, 0.6) is 5.75 Å². The Morgan fingerprint density at radius 2 is 1.75 bits per heavy atom.